The fraction of sp³-hybridized carbons (Fsp3) is 0.688. The summed E-state index contributed by atoms with van der Waals surface area (Å²) in [5, 5.41) is 3.42. The van der Waals surface area contributed by atoms with Crippen LogP contribution < -0.4 is 5.32 Å². The van der Waals surface area contributed by atoms with Crippen molar-refractivity contribution in [1.82, 2.24) is 10.2 Å². The van der Waals surface area contributed by atoms with E-state index in [-0.39, 0.29) is 24.0 Å². The molecule has 6 heteroatoms. The van der Waals surface area contributed by atoms with Gasteiger partial charge in [-0.05, 0) is 37.3 Å². The molecule has 22 heavy (non-hydrogen) atoms. The van der Waals surface area contributed by atoms with Gasteiger partial charge in [-0.25, -0.2) is 0 Å². The zero-order chi connectivity index (χ0) is 14.9. The van der Waals surface area contributed by atoms with Crippen molar-refractivity contribution < 1.29 is 9.15 Å². The standard InChI is InChI=1S/C16H27N3O2.HI/c1-14-6-9-19(10-7-14)16(17-2)18-8-4-11-20-13-15-5-3-12-21-15;/h3,5,12,14H,4,6-11,13H2,1-2H3,(H,17,18);1H. The van der Waals surface area contributed by atoms with Gasteiger partial charge in [0.2, 0.25) is 0 Å². The molecule has 5 nitrogen and oxygen atoms in total. The van der Waals surface area contributed by atoms with Gasteiger partial charge in [0.15, 0.2) is 5.96 Å². The lowest BCUT2D eigenvalue weighted by Crippen LogP contribution is -2.45. The van der Waals surface area contributed by atoms with Gasteiger partial charge < -0.3 is 19.4 Å². The average molecular weight is 421 g/mol. The molecule has 0 radical (unpaired) electrons. The van der Waals surface area contributed by atoms with Crippen molar-refractivity contribution in [3.63, 3.8) is 0 Å². The second-order valence-electron chi connectivity index (χ2n) is 5.63. The average Bonchev–Trinajstić information content (AvgIpc) is 3.01. The van der Waals surface area contributed by atoms with Crippen LogP contribution in [0.15, 0.2) is 27.8 Å². The monoisotopic (exact) mass is 421 g/mol. The second-order valence-corrected chi connectivity index (χ2v) is 5.63. The number of nitrogens with zero attached hydrogens (tertiary/aromatic N) is 2. The van der Waals surface area contributed by atoms with E-state index < -0.39 is 0 Å². The van der Waals surface area contributed by atoms with Gasteiger partial charge in [-0.3, -0.25) is 4.99 Å². The molecule has 0 bridgehead atoms. The first-order valence-corrected chi connectivity index (χ1v) is 7.85. The molecule has 2 heterocycles. The summed E-state index contributed by atoms with van der Waals surface area (Å²) in [5.41, 5.74) is 0. The van der Waals surface area contributed by atoms with Crippen molar-refractivity contribution in [1.29, 1.82) is 0 Å². The first-order valence-electron chi connectivity index (χ1n) is 7.85. The predicted molar refractivity (Wildman–Crippen MR) is 99.7 cm³/mol. The Hall–Kier alpha value is -0.760. The Bertz CT molecular complexity index is 415. The molecule has 1 N–H and O–H groups in total. The molecule has 2 rings (SSSR count). The highest BCUT2D eigenvalue weighted by Crippen LogP contribution is 2.15. The molecular weight excluding hydrogens is 393 g/mol. The van der Waals surface area contributed by atoms with Gasteiger partial charge >= 0.3 is 0 Å². The first-order chi connectivity index (χ1) is 10.3. The summed E-state index contributed by atoms with van der Waals surface area (Å²) in [6.07, 6.45) is 5.15. The van der Waals surface area contributed by atoms with Crippen LogP contribution in [0, 0.1) is 5.92 Å². The number of rotatable bonds is 6. The van der Waals surface area contributed by atoms with Gasteiger partial charge in [0.1, 0.15) is 12.4 Å². The molecular formula is C16H28IN3O2. The molecule has 0 unspecified atom stereocenters. The van der Waals surface area contributed by atoms with E-state index in [1.807, 2.05) is 19.2 Å². The number of furan rings is 1. The van der Waals surface area contributed by atoms with E-state index >= 15 is 0 Å². The number of guanidine groups is 1. The Labute approximate surface area is 150 Å². The van der Waals surface area contributed by atoms with Crippen LogP contribution in [0.5, 0.6) is 0 Å². The smallest absolute Gasteiger partial charge is 0.193 e. The Balaban J connectivity index is 0.00000242. The van der Waals surface area contributed by atoms with Gasteiger partial charge in [0, 0.05) is 33.3 Å². The lowest BCUT2D eigenvalue weighted by Gasteiger charge is -2.32. The van der Waals surface area contributed by atoms with Crippen molar-refractivity contribution >= 4 is 29.9 Å². The molecule has 126 valence electrons. The molecule has 0 saturated carbocycles. The molecule has 1 aliphatic heterocycles. The number of likely N-dealkylation sites (tertiary alicyclic amines) is 1. The molecule has 1 saturated heterocycles. The normalized spacial score (nSPS) is 16.5. The summed E-state index contributed by atoms with van der Waals surface area (Å²) in [4.78, 5) is 6.72. The van der Waals surface area contributed by atoms with Crippen LogP contribution in [0.25, 0.3) is 0 Å². The molecule has 1 aromatic heterocycles. The molecule has 0 atom stereocenters. The number of ether oxygens (including phenoxy) is 1. The van der Waals surface area contributed by atoms with E-state index in [1.54, 1.807) is 6.26 Å². The summed E-state index contributed by atoms with van der Waals surface area (Å²) in [5.74, 6) is 2.74. The minimum atomic E-state index is 0. The first kappa shape index (κ1) is 19.3. The zero-order valence-corrected chi connectivity index (χ0v) is 15.9. The number of hydrogen-bond donors (Lipinski definition) is 1. The van der Waals surface area contributed by atoms with Crippen LogP contribution in [0.4, 0.5) is 0 Å². The van der Waals surface area contributed by atoms with Crippen LogP contribution in [-0.2, 0) is 11.3 Å². The molecule has 0 spiro atoms. The van der Waals surface area contributed by atoms with E-state index in [9.17, 15) is 0 Å². The quantitative estimate of drug-likeness (QED) is 0.332. The van der Waals surface area contributed by atoms with E-state index in [0.29, 0.717) is 6.61 Å². The highest BCUT2D eigenvalue weighted by molar-refractivity contribution is 14.0. The van der Waals surface area contributed by atoms with Gasteiger partial charge in [0.25, 0.3) is 0 Å². The Morgan fingerprint density at radius 1 is 1.45 bits per heavy atom. The molecule has 1 aliphatic rings. The lowest BCUT2D eigenvalue weighted by atomic mass is 10.00. The van der Waals surface area contributed by atoms with E-state index in [4.69, 9.17) is 9.15 Å². The maximum Gasteiger partial charge on any atom is 0.193 e. The van der Waals surface area contributed by atoms with Crippen LogP contribution in [0.1, 0.15) is 31.9 Å². The third-order valence-electron chi connectivity index (χ3n) is 3.87. The van der Waals surface area contributed by atoms with Crippen LogP contribution in [0.3, 0.4) is 0 Å². The van der Waals surface area contributed by atoms with E-state index in [2.05, 4.69) is 22.1 Å². The van der Waals surface area contributed by atoms with E-state index in [0.717, 1.165) is 50.3 Å². The van der Waals surface area contributed by atoms with Gasteiger partial charge in [-0.1, -0.05) is 6.92 Å². The van der Waals surface area contributed by atoms with Crippen molar-refractivity contribution in [2.24, 2.45) is 10.9 Å². The highest BCUT2D eigenvalue weighted by Gasteiger charge is 2.18. The summed E-state index contributed by atoms with van der Waals surface area (Å²) in [6.45, 7) is 6.69. The molecule has 1 fully saturated rings. The summed E-state index contributed by atoms with van der Waals surface area (Å²) >= 11 is 0. The molecule has 0 aliphatic carbocycles. The summed E-state index contributed by atoms with van der Waals surface area (Å²) in [6, 6.07) is 3.81. The topological polar surface area (TPSA) is 50.0 Å². The largest absolute Gasteiger partial charge is 0.467 e. The molecule has 0 amide bonds. The predicted octanol–water partition coefficient (Wildman–Crippen LogP) is 3.11. The van der Waals surface area contributed by atoms with Gasteiger partial charge in [0.05, 0.1) is 6.26 Å². The third-order valence-corrected chi connectivity index (χ3v) is 3.87. The van der Waals surface area contributed by atoms with Crippen molar-refractivity contribution in [3.05, 3.63) is 24.2 Å². The SMILES string of the molecule is CN=C(NCCCOCc1ccco1)N1CCC(C)CC1.I. The lowest BCUT2D eigenvalue weighted by molar-refractivity contribution is 0.104. The molecule has 0 aromatic carbocycles. The van der Waals surface area contributed by atoms with Gasteiger partial charge in [-0.15, -0.1) is 24.0 Å². The number of aliphatic imine (C=N–C) groups is 1. The van der Waals surface area contributed by atoms with Crippen LogP contribution in [-0.4, -0.2) is 44.1 Å². The minimum Gasteiger partial charge on any atom is -0.467 e. The minimum absolute atomic E-state index is 0. The van der Waals surface area contributed by atoms with Crippen LogP contribution >= 0.6 is 24.0 Å². The Kier molecular flexibility index (Phi) is 9.54. The van der Waals surface area contributed by atoms with Crippen molar-refractivity contribution in [2.75, 3.05) is 33.3 Å². The van der Waals surface area contributed by atoms with Gasteiger partial charge in [-0.2, -0.15) is 0 Å². The second kappa shape index (κ2) is 10.9. The number of nitrogens with one attached hydrogen (secondary N) is 1. The Morgan fingerprint density at radius 2 is 2.23 bits per heavy atom. The highest BCUT2D eigenvalue weighted by atomic mass is 127. The fourth-order valence-electron chi connectivity index (χ4n) is 2.49. The summed E-state index contributed by atoms with van der Waals surface area (Å²) < 4.78 is 10.8. The maximum absolute atomic E-state index is 5.57. The van der Waals surface area contributed by atoms with Crippen LogP contribution in [0.2, 0.25) is 0 Å². The summed E-state index contributed by atoms with van der Waals surface area (Å²) in [7, 11) is 1.85. The zero-order valence-electron chi connectivity index (χ0n) is 13.6. The third kappa shape index (κ3) is 6.56. The number of hydrogen-bond acceptors (Lipinski definition) is 3. The Morgan fingerprint density at radius 3 is 2.86 bits per heavy atom. The van der Waals surface area contributed by atoms with Crippen molar-refractivity contribution in [2.45, 2.75) is 32.8 Å². The number of piperidine rings is 1. The number of halogens is 1. The van der Waals surface area contributed by atoms with E-state index in [1.165, 1.54) is 12.8 Å². The molecule has 1 aromatic rings. The fourth-order valence-corrected chi connectivity index (χ4v) is 2.49. The maximum atomic E-state index is 5.57. The van der Waals surface area contributed by atoms with Crippen molar-refractivity contribution in [3.8, 4) is 0 Å².